The molecule has 3 rings (SSSR count). The third-order valence-corrected chi connectivity index (χ3v) is 3.61. The number of nitrogens with zero attached hydrogens (tertiary/aromatic N) is 2. The minimum absolute atomic E-state index is 0.352. The molecule has 116 valence electrons. The molecule has 0 aliphatic rings. The van der Waals surface area contributed by atoms with E-state index in [9.17, 15) is 9.59 Å². The summed E-state index contributed by atoms with van der Waals surface area (Å²) in [7, 11) is 0. The van der Waals surface area contributed by atoms with E-state index in [-0.39, 0.29) is 5.91 Å². The van der Waals surface area contributed by atoms with Crippen LogP contribution in [0.3, 0.4) is 0 Å². The Morgan fingerprint density at radius 2 is 1.78 bits per heavy atom. The van der Waals surface area contributed by atoms with E-state index >= 15 is 0 Å². The van der Waals surface area contributed by atoms with E-state index in [0.717, 1.165) is 11.5 Å². The Bertz CT molecular complexity index is 827. The second-order valence-electron chi connectivity index (χ2n) is 4.42. The van der Waals surface area contributed by atoms with Gasteiger partial charge in [-0.05, 0) is 41.9 Å². The average Bonchev–Trinajstić information content (AvgIpc) is 3.19. The number of carbonyl (C=O) groups is 2. The first-order valence-corrected chi connectivity index (χ1v) is 7.17. The smallest absolute Gasteiger partial charge is 0.409 e. The van der Waals surface area contributed by atoms with Crippen LogP contribution in [0.1, 0.15) is 9.67 Å². The van der Waals surface area contributed by atoms with E-state index in [1.54, 1.807) is 30.3 Å². The fourth-order valence-electron chi connectivity index (χ4n) is 1.88. The third-order valence-electron chi connectivity index (χ3n) is 2.88. The van der Waals surface area contributed by atoms with Crippen LogP contribution in [-0.2, 0) is 0 Å². The Morgan fingerprint density at radius 3 is 2.39 bits per heavy atom. The number of rotatable bonds is 4. The van der Waals surface area contributed by atoms with Crippen LogP contribution in [0.4, 0.5) is 16.2 Å². The molecule has 3 aromatic rings. The molecule has 9 heteroatoms. The van der Waals surface area contributed by atoms with Gasteiger partial charge in [-0.2, -0.15) is 0 Å². The first-order valence-electron chi connectivity index (χ1n) is 6.40. The monoisotopic (exact) mass is 330 g/mol. The van der Waals surface area contributed by atoms with Crippen molar-refractivity contribution in [2.45, 2.75) is 0 Å². The molecule has 2 heterocycles. The van der Waals surface area contributed by atoms with Gasteiger partial charge in [-0.15, -0.1) is 5.10 Å². The van der Waals surface area contributed by atoms with E-state index < -0.39 is 6.09 Å². The van der Waals surface area contributed by atoms with Crippen LogP contribution in [0.25, 0.3) is 11.3 Å². The van der Waals surface area contributed by atoms with Gasteiger partial charge in [-0.25, -0.2) is 4.79 Å². The van der Waals surface area contributed by atoms with Crippen LogP contribution in [-0.4, -0.2) is 26.7 Å². The molecule has 0 bridgehead atoms. The lowest BCUT2D eigenvalue weighted by Gasteiger charge is -2.05. The normalized spacial score (nSPS) is 10.3. The maximum absolute atomic E-state index is 12.3. The van der Waals surface area contributed by atoms with Gasteiger partial charge in [0.25, 0.3) is 5.91 Å². The quantitative estimate of drug-likeness (QED) is 0.676. The molecule has 0 aliphatic heterocycles. The fourth-order valence-corrected chi connectivity index (χ4v) is 2.46. The number of aromatic nitrogens is 2. The lowest BCUT2D eigenvalue weighted by molar-refractivity contribution is 0.103. The number of furan rings is 1. The number of carboxylic acid groups (broad SMARTS) is 1. The molecular weight excluding hydrogens is 320 g/mol. The minimum atomic E-state index is -1.15. The first-order chi connectivity index (χ1) is 11.1. The minimum Gasteiger partial charge on any atom is -0.472 e. The van der Waals surface area contributed by atoms with Gasteiger partial charge in [-0.1, -0.05) is 4.49 Å². The number of carbonyl (C=O) groups excluding carboxylic acids is 1. The summed E-state index contributed by atoms with van der Waals surface area (Å²) in [5, 5.41) is 17.5. The van der Waals surface area contributed by atoms with Gasteiger partial charge in [0.05, 0.1) is 12.5 Å². The molecule has 3 N–H and O–H groups in total. The van der Waals surface area contributed by atoms with Crippen molar-refractivity contribution in [3.8, 4) is 11.3 Å². The zero-order valence-corrected chi connectivity index (χ0v) is 12.3. The van der Waals surface area contributed by atoms with Crippen molar-refractivity contribution in [1.29, 1.82) is 0 Å². The fraction of sp³-hybridized carbons (Fsp3) is 0. The summed E-state index contributed by atoms with van der Waals surface area (Å²) in [6, 6.07) is 7.97. The number of anilines is 2. The molecule has 0 radical (unpaired) electrons. The molecule has 8 nitrogen and oxygen atoms in total. The largest absolute Gasteiger partial charge is 0.472 e. The van der Waals surface area contributed by atoms with Gasteiger partial charge in [0.15, 0.2) is 0 Å². The maximum Gasteiger partial charge on any atom is 0.409 e. The molecule has 0 saturated heterocycles. The summed E-state index contributed by atoms with van der Waals surface area (Å²) >= 11 is 0.982. The highest BCUT2D eigenvalue weighted by atomic mass is 32.1. The molecular formula is C14H10N4O4S. The number of hydrogen-bond donors (Lipinski definition) is 3. The lowest BCUT2D eigenvalue weighted by atomic mass is 10.2. The number of benzene rings is 1. The molecule has 0 saturated carbocycles. The van der Waals surface area contributed by atoms with Crippen LogP contribution < -0.4 is 10.6 Å². The van der Waals surface area contributed by atoms with Crippen LogP contribution in [0.5, 0.6) is 0 Å². The van der Waals surface area contributed by atoms with Crippen LogP contribution >= 0.6 is 11.5 Å². The first kappa shape index (κ1) is 14.7. The van der Waals surface area contributed by atoms with Gasteiger partial charge < -0.3 is 14.8 Å². The second-order valence-corrected chi connectivity index (χ2v) is 5.18. The van der Waals surface area contributed by atoms with Gasteiger partial charge in [0, 0.05) is 16.9 Å². The molecule has 0 atom stereocenters. The van der Waals surface area contributed by atoms with Gasteiger partial charge in [-0.3, -0.25) is 10.1 Å². The van der Waals surface area contributed by atoms with Crippen molar-refractivity contribution in [3.63, 3.8) is 0 Å². The highest BCUT2D eigenvalue weighted by Crippen LogP contribution is 2.25. The van der Waals surface area contributed by atoms with Crippen LogP contribution in [0, 0.1) is 0 Å². The lowest BCUT2D eigenvalue weighted by Crippen LogP contribution is -2.12. The second kappa shape index (κ2) is 6.28. The number of amides is 2. The van der Waals surface area contributed by atoms with Crippen molar-refractivity contribution >= 4 is 34.9 Å². The summed E-state index contributed by atoms with van der Waals surface area (Å²) in [4.78, 5) is 23.2. The Balaban J connectivity index is 1.75. The van der Waals surface area contributed by atoms with Crippen LogP contribution in [0.15, 0.2) is 47.3 Å². The zero-order valence-electron chi connectivity index (χ0n) is 11.5. The Morgan fingerprint density at radius 1 is 1.09 bits per heavy atom. The van der Waals surface area contributed by atoms with Crippen molar-refractivity contribution in [2.75, 3.05) is 10.6 Å². The average molecular weight is 330 g/mol. The number of hydrogen-bond acceptors (Lipinski definition) is 6. The zero-order chi connectivity index (χ0) is 16.2. The van der Waals surface area contributed by atoms with E-state index in [0.29, 0.717) is 27.5 Å². The standard InChI is InChI=1S/C14H10N4O4S/c19-13(12-11(17-18-23-12)8-5-6-22-7-8)15-9-1-3-10(4-2-9)16-14(20)21/h1-7,16H,(H,15,19)(H,20,21). The molecule has 1 aromatic carbocycles. The highest BCUT2D eigenvalue weighted by Gasteiger charge is 2.18. The Kier molecular flexibility index (Phi) is 4.02. The molecule has 2 amide bonds. The van der Waals surface area contributed by atoms with E-state index in [1.807, 2.05) is 0 Å². The van der Waals surface area contributed by atoms with Crippen molar-refractivity contribution in [2.24, 2.45) is 0 Å². The molecule has 0 fully saturated rings. The van der Waals surface area contributed by atoms with Crippen LogP contribution in [0.2, 0.25) is 0 Å². The van der Waals surface area contributed by atoms with E-state index in [1.165, 1.54) is 12.5 Å². The molecule has 2 aromatic heterocycles. The topological polar surface area (TPSA) is 117 Å². The summed E-state index contributed by atoms with van der Waals surface area (Å²) in [6.45, 7) is 0. The summed E-state index contributed by atoms with van der Waals surface area (Å²) in [5.74, 6) is -0.352. The Hall–Kier alpha value is -3.20. The maximum atomic E-state index is 12.3. The third kappa shape index (κ3) is 3.35. The SMILES string of the molecule is O=C(O)Nc1ccc(NC(=O)c2snnc2-c2ccoc2)cc1. The predicted molar refractivity (Wildman–Crippen MR) is 83.7 cm³/mol. The molecule has 0 unspecified atom stereocenters. The summed E-state index contributed by atoms with van der Waals surface area (Å²) in [6.07, 6.45) is 1.83. The molecule has 0 spiro atoms. The van der Waals surface area contributed by atoms with Crippen molar-refractivity contribution in [1.82, 2.24) is 9.59 Å². The van der Waals surface area contributed by atoms with Gasteiger partial charge >= 0.3 is 6.09 Å². The molecule has 23 heavy (non-hydrogen) atoms. The summed E-state index contributed by atoms with van der Waals surface area (Å²) in [5.41, 5.74) is 2.06. The van der Waals surface area contributed by atoms with E-state index in [2.05, 4.69) is 20.2 Å². The van der Waals surface area contributed by atoms with Crippen molar-refractivity contribution < 1.29 is 19.1 Å². The Labute approximate surface area is 133 Å². The number of nitrogens with one attached hydrogen (secondary N) is 2. The summed E-state index contributed by atoms with van der Waals surface area (Å²) < 4.78 is 8.79. The highest BCUT2D eigenvalue weighted by molar-refractivity contribution is 7.08. The molecule has 0 aliphatic carbocycles. The predicted octanol–water partition coefficient (Wildman–Crippen LogP) is 3.14. The van der Waals surface area contributed by atoms with Gasteiger partial charge in [0.2, 0.25) is 0 Å². The van der Waals surface area contributed by atoms with Crippen molar-refractivity contribution in [3.05, 3.63) is 47.7 Å². The van der Waals surface area contributed by atoms with E-state index in [4.69, 9.17) is 9.52 Å². The van der Waals surface area contributed by atoms with Gasteiger partial charge in [0.1, 0.15) is 10.6 Å².